The Kier molecular flexibility index (Phi) is 5.22. The normalized spacial score (nSPS) is 10.8. The molecule has 0 atom stereocenters. The lowest BCUT2D eigenvalue weighted by atomic mass is 10.2. The maximum atomic E-state index is 11.3. The first kappa shape index (κ1) is 14.4. The Morgan fingerprint density at radius 1 is 1.05 bits per heavy atom. The smallest absolute Gasteiger partial charge is 0.328 e. The predicted octanol–water partition coefficient (Wildman–Crippen LogP) is 1.87. The van der Waals surface area contributed by atoms with Gasteiger partial charge in [-0.25, -0.2) is 4.79 Å². The van der Waals surface area contributed by atoms with E-state index in [1.807, 2.05) is 0 Å². The lowest BCUT2D eigenvalue weighted by Crippen LogP contribution is -2.08. The van der Waals surface area contributed by atoms with Crippen LogP contribution in [-0.2, 0) is 14.4 Å². The van der Waals surface area contributed by atoms with E-state index in [2.05, 4.69) is 5.32 Å². The largest absolute Gasteiger partial charge is 0.478 e. The Morgan fingerprint density at radius 3 is 2.21 bits per heavy atom. The van der Waals surface area contributed by atoms with Gasteiger partial charge < -0.3 is 10.4 Å². The van der Waals surface area contributed by atoms with Gasteiger partial charge in [-0.05, 0) is 30.7 Å². The van der Waals surface area contributed by atoms with E-state index in [9.17, 15) is 14.4 Å². The van der Waals surface area contributed by atoms with Crippen molar-refractivity contribution in [3.8, 4) is 0 Å². The first-order valence-corrected chi connectivity index (χ1v) is 5.48. The lowest BCUT2D eigenvalue weighted by molar-refractivity contribution is -0.131. The van der Waals surface area contributed by atoms with E-state index in [0.29, 0.717) is 5.69 Å². The zero-order chi connectivity index (χ0) is 14.3. The molecule has 0 spiro atoms. The van der Waals surface area contributed by atoms with Crippen molar-refractivity contribution in [2.45, 2.75) is 6.92 Å². The SMILES string of the molecule is CC(=O)/C=C/c1ccc(NC(=O)/C=C/C(=O)O)cc1. The van der Waals surface area contributed by atoms with Gasteiger partial charge in [0.25, 0.3) is 0 Å². The molecule has 1 aromatic rings. The first-order valence-electron chi connectivity index (χ1n) is 5.48. The van der Waals surface area contributed by atoms with Crippen molar-refractivity contribution >= 4 is 29.4 Å². The number of benzene rings is 1. The number of anilines is 1. The highest BCUT2D eigenvalue weighted by molar-refractivity contribution is 6.02. The van der Waals surface area contributed by atoms with Crippen molar-refractivity contribution in [3.63, 3.8) is 0 Å². The highest BCUT2D eigenvalue weighted by Gasteiger charge is 1.98. The summed E-state index contributed by atoms with van der Waals surface area (Å²) in [5, 5.41) is 10.9. The minimum absolute atomic E-state index is 0.0452. The van der Waals surface area contributed by atoms with E-state index < -0.39 is 11.9 Å². The van der Waals surface area contributed by atoms with Gasteiger partial charge >= 0.3 is 5.97 Å². The van der Waals surface area contributed by atoms with Gasteiger partial charge in [0.1, 0.15) is 0 Å². The Labute approximate surface area is 110 Å². The molecule has 0 aliphatic rings. The molecule has 0 unspecified atom stereocenters. The number of hydrogen-bond acceptors (Lipinski definition) is 3. The van der Waals surface area contributed by atoms with Crippen LogP contribution in [0, 0.1) is 0 Å². The maximum Gasteiger partial charge on any atom is 0.328 e. The molecule has 5 nitrogen and oxygen atoms in total. The molecule has 0 aliphatic carbocycles. The van der Waals surface area contributed by atoms with Gasteiger partial charge in [0.05, 0.1) is 0 Å². The molecule has 0 aromatic heterocycles. The first-order chi connectivity index (χ1) is 8.97. The number of rotatable bonds is 5. The number of carbonyl (C=O) groups excluding carboxylic acids is 2. The van der Waals surface area contributed by atoms with E-state index in [1.165, 1.54) is 13.0 Å². The molecular weight excluding hydrogens is 246 g/mol. The zero-order valence-electron chi connectivity index (χ0n) is 10.3. The summed E-state index contributed by atoms with van der Waals surface area (Å²) in [4.78, 5) is 32.3. The quantitative estimate of drug-likeness (QED) is 0.791. The summed E-state index contributed by atoms with van der Waals surface area (Å²) in [6.45, 7) is 1.46. The van der Waals surface area contributed by atoms with Crippen LogP contribution in [0.4, 0.5) is 5.69 Å². The molecule has 1 rings (SSSR count). The lowest BCUT2D eigenvalue weighted by Gasteiger charge is -2.02. The fourth-order valence-corrected chi connectivity index (χ4v) is 1.22. The van der Waals surface area contributed by atoms with Gasteiger partial charge in [-0.15, -0.1) is 0 Å². The van der Waals surface area contributed by atoms with Crippen molar-refractivity contribution in [2.75, 3.05) is 5.32 Å². The van der Waals surface area contributed by atoms with E-state index in [4.69, 9.17) is 5.11 Å². The number of hydrogen-bond donors (Lipinski definition) is 2. The standard InChI is InChI=1S/C14H13NO4/c1-10(16)2-3-11-4-6-12(7-5-11)15-13(17)8-9-14(18)19/h2-9H,1H3,(H,15,17)(H,18,19)/b3-2+,9-8+. The average Bonchev–Trinajstić information content (AvgIpc) is 2.35. The van der Waals surface area contributed by atoms with Crippen LogP contribution in [0.25, 0.3) is 6.08 Å². The second kappa shape index (κ2) is 6.90. The molecule has 0 radical (unpaired) electrons. The fourth-order valence-electron chi connectivity index (χ4n) is 1.22. The number of carboxylic acids is 1. The number of aliphatic carboxylic acids is 1. The van der Waals surface area contributed by atoms with Gasteiger partial charge in [-0.1, -0.05) is 18.2 Å². The Morgan fingerprint density at radius 2 is 1.68 bits per heavy atom. The summed E-state index contributed by atoms with van der Waals surface area (Å²) < 4.78 is 0. The zero-order valence-corrected chi connectivity index (χ0v) is 10.3. The van der Waals surface area contributed by atoms with Crippen LogP contribution >= 0.6 is 0 Å². The van der Waals surface area contributed by atoms with Crippen molar-refractivity contribution in [1.82, 2.24) is 0 Å². The number of carbonyl (C=O) groups is 3. The fraction of sp³-hybridized carbons (Fsp3) is 0.0714. The summed E-state index contributed by atoms with van der Waals surface area (Å²) >= 11 is 0. The number of carboxylic acid groups (broad SMARTS) is 1. The monoisotopic (exact) mass is 259 g/mol. The molecule has 0 aliphatic heterocycles. The molecule has 0 bridgehead atoms. The van der Waals surface area contributed by atoms with Gasteiger partial charge in [-0.3, -0.25) is 9.59 Å². The molecule has 5 heteroatoms. The molecule has 0 saturated carbocycles. The van der Waals surface area contributed by atoms with E-state index in [1.54, 1.807) is 30.3 Å². The van der Waals surface area contributed by atoms with Crippen molar-refractivity contribution in [3.05, 3.63) is 48.1 Å². The molecule has 0 saturated heterocycles. The summed E-state index contributed by atoms with van der Waals surface area (Å²) in [7, 11) is 0. The number of amides is 1. The minimum atomic E-state index is -1.18. The van der Waals surface area contributed by atoms with Gasteiger partial charge in [-0.2, -0.15) is 0 Å². The van der Waals surface area contributed by atoms with Crippen molar-refractivity contribution < 1.29 is 19.5 Å². The summed E-state index contributed by atoms with van der Waals surface area (Å²) in [6.07, 6.45) is 4.81. The Hall–Kier alpha value is -2.69. The third-order valence-corrected chi connectivity index (χ3v) is 2.07. The van der Waals surface area contributed by atoms with Crippen molar-refractivity contribution in [2.24, 2.45) is 0 Å². The van der Waals surface area contributed by atoms with Crippen molar-refractivity contribution in [1.29, 1.82) is 0 Å². The van der Waals surface area contributed by atoms with Crippen LogP contribution in [-0.4, -0.2) is 22.8 Å². The highest BCUT2D eigenvalue weighted by Crippen LogP contribution is 2.10. The Bertz CT molecular complexity index is 541. The minimum Gasteiger partial charge on any atom is -0.478 e. The van der Waals surface area contributed by atoms with Gasteiger partial charge in [0.2, 0.25) is 5.91 Å². The topological polar surface area (TPSA) is 83.5 Å². The highest BCUT2D eigenvalue weighted by atomic mass is 16.4. The molecular formula is C14H13NO4. The van der Waals surface area contributed by atoms with Gasteiger partial charge in [0.15, 0.2) is 5.78 Å². The predicted molar refractivity (Wildman–Crippen MR) is 71.6 cm³/mol. The third kappa shape index (κ3) is 5.97. The number of ketones is 1. The number of nitrogens with one attached hydrogen (secondary N) is 1. The molecule has 98 valence electrons. The average molecular weight is 259 g/mol. The number of allylic oxidation sites excluding steroid dienone is 1. The molecule has 0 heterocycles. The second-order valence-electron chi connectivity index (χ2n) is 3.73. The van der Waals surface area contributed by atoms with Crippen LogP contribution in [0.5, 0.6) is 0 Å². The molecule has 1 aromatic carbocycles. The third-order valence-electron chi connectivity index (χ3n) is 2.07. The van der Waals surface area contributed by atoms with E-state index in [-0.39, 0.29) is 5.78 Å². The molecule has 1 amide bonds. The summed E-state index contributed by atoms with van der Waals surface area (Å²) in [5.74, 6) is -1.74. The van der Waals surface area contributed by atoms with E-state index in [0.717, 1.165) is 17.7 Å². The van der Waals surface area contributed by atoms with Crippen LogP contribution in [0.15, 0.2) is 42.5 Å². The van der Waals surface area contributed by atoms with Crippen LogP contribution < -0.4 is 5.32 Å². The summed E-state index contributed by atoms with van der Waals surface area (Å²) in [5.41, 5.74) is 1.37. The van der Waals surface area contributed by atoms with Gasteiger partial charge in [0, 0.05) is 17.8 Å². The summed E-state index contributed by atoms with van der Waals surface area (Å²) in [6, 6.07) is 6.78. The van der Waals surface area contributed by atoms with Crippen LogP contribution in [0.3, 0.4) is 0 Å². The molecule has 19 heavy (non-hydrogen) atoms. The maximum absolute atomic E-state index is 11.3. The van der Waals surface area contributed by atoms with E-state index >= 15 is 0 Å². The van der Waals surface area contributed by atoms with Crippen LogP contribution in [0.1, 0.15) is 12.5 Å². The second-order valence-corrected chi connectivity index (χ2v) is 3.73. The molecule has 0 fully saturated rings. The Balaban J connectivity index is 2.64. The van der Waals surface area contributed by atoms with Crippen LogP contribution in [0.2, 0.25) is 0 Å². The molecule has 2 N–H and O–H groups in total.